The molecule has 0 saturated carbocycles. The van der Waals surface area contributed by atoms with Crippen LogP contribution in [0.3, 0.4) is 0 Å². The van der Waals surface area contributed by atoms with Crippen molar-refractivity contribution in [3.05, 3.63) is 0 Å². The van der Waals surface area contributed by atoms with Gasteiger partial charge in [0.1, 0.15) is 6.10 Å². The number of carboxylic acids is 1. The molecule has 0 bridgehead atoms. The van der Waals surface area contributed by atoms with E-state index in [0.29, 0.717) is 0 Å². The predicted molar refractivity (Wildman–Crippen MR) is 51.8 cm³/mol. The molecule has 2 N–H and O–H groups in total. The molecular formula is C9H20O5Ti. The number of hydrogen-bond donors (Lipinski definition) is 2. The van der Waals surface area contributed by atoms with Gasteiger partial charge in [0.25, 0.3) is 0 Å². The summed E-state index contributed by atoms with van der Waals surface area (Å²) in [7, 11) is 0. The van der Waals surface area contributed by atoms with Gasteiger partial charge in [0.15, 0.2) is 0 Å². The Balaban J connectivity index is 0. The molecule has 0 aromatic heterocycles. The van der Waals surface area contributed by atoms with Crippen LogP contribution in [0.2, 0.25) is 0 Å². The number of aliphatic hydroxyl groups is 1. The summed E-state index contributed by atoms with van der Waals surface area (Å²) in [5, 5.41) is 15.8. The Morgan fingerprint density at radius 3 is 1.80 bits per heavy atom. The zero-order valence-corrected chi connectivity index (χ0v) is 11.1. The van der Waals surface area contributed by atoms with Crippen LogP contribution in [0.15, 0.2) is 0 Å². The van der Waals surface area contributed by atoms with Crippen LogP contribution in [0.1, 0.15) is 33.6 Å². The van der Waals surface area contributed by atoms with Gasteiger partial charge in [-0.1, -0.05) is 0 Å². The molecule has 5 nitrogen and oxygen atoms in total. The third kappa shape index (κ3) is 20.2. The van der Waals surface area contributed by atoms with Crippen molar-refractivity contribution in [3.8, 4) is 0 Å². The van der Waals surface area contributed by atoms with E-state index in [2.05, 4.69) is 13.8 Å². The van der Waals surface area contributed by atoms with Gasteiger partial charge in [-0.05, 0) is 6.92 Å². The third-order valence-corrected chi connectivity index (χ3v) is 2.09. The molecule has 0 aliphatic rings. The average Bonchev–Trinajstić information content (AvgIpc) is 2.18. The summed E-state index contributed by atoms with van der Waals surface area (Å²) in [5.41, 5.74) is 0. The zero-order valence-electron chi connectivity index (χ0n) is 9.52. The monoisotopic (exact) mass is 256 g/mol. The van der Waals surface area contributed by atoms with Crippen LogP contribution in [0.25, 0.3) is 0 Å². The van der Waals surface area contributed by atoms with E-state index in [9.17, 15) is 4.79 Å². The van der Waals surface area contributed by atoms with Crippen LogP contribution in [0.4, 0.5) is 0 Å². The van der Waals surface area contributed by atoms with E-state index in [1.54, 1.807) is 0 Å². The molecule has 90 valence electrons. The van der Waals surface area contributed by atoms with Crippen LogP contribution >= 0.6 is 0 Å². The van der Waals surface area contributed by atoms with Crippen molar-refractivity contribution >= 4 is 5.97 Å². The van der Waals surface area contributed by atoms with Crippen molar-refractivity contribution in [2.45, 2.75) is 39.7 Å². The van der Waals surface area contributed by atoms with Crippen molar-refractivity contribution in [1.29, 1.82) is 0 Å². The van der Waals surface area contributed by atoms with Gasteiger partial charge in [-0.2, -0.15) is 0 Å². The van der Waals surface area contributed by atoms with E-state index in [4.69, 9.17) is 16.8 Å². The van der Waals surface area contributed by atoms with Gasteiger partial charge < -0.3 is 10.2 Å². The van der Waals surface area contributed by atoms with Crippen molar-refractivity contribution in [3.63, 3.8) is 0 Å². The summed E-state index contributed by atoms with van der Waals surface area (Å²) in [6.07, 6.45) is 0.961. The molecule has 0 radical (unpaired) electrons. The Hall–Kier alpha value is 0.0643. The van der Waals surface area contributed by atoms with E-state index in [0.717, 1.165) is 26.1 Å². The molecule has 15 heavy (non-hydrogen) atoms. The van der Waals surface area contributed by atoms with E-state index in [-0.39, 0.29) is 0 Å². The Morgan fingerprint density at radius 1 is 1.27 bits per heavy atom. The van der Waals surface area contributed by atoms with Gasteiger partial charge in [-0.15, -0.1) is 0 Å². The van der Waals surface area contributed by atoms with E-state index < -0.39 is 32.0 Å². The number of carboxylic acid groups (broad SMARTS) is 1. The predicted octanol–water partition coefficient (Wildman–Crippen LogP) is 1.20. The average molecular weight is 256 g/mol. The molecule has 6 heteroatoms. The number of carbonyl (C=O) groups is 1. The molecule has 0 aromatic rings. The molecule has 0 aliphatic carbocycles. The quantitative estimate of drug-likeness (QED) is 0.528. The Labute approximate surface area is 101 Å². The molecule has 0 fully saturated rings. The normalized spacial score (nSPS) is 11.2. The third-order valence-electron chi connectivity index (χ3n) is 1.09. The summed E-state index contributed by atoms with van der Waals surface area (Å²) in [6, 6.07) is 0. The standard InChI is InChI=1S/C3H6O3.2C3H7O.Ti/c1-2(4)3(5)6;2*1-2-3-4;/h2,4H,1H3,(H,5,6);2*2-3H2,1H3;/q;2*-1;+2. The first-order chi connectivity index (χ1) is 7.06. The van der Waals surface area contributed by atoms with E-state index in [1.165, 1.54) is 6.92 Å². The number of rotatable bonds is 7. The molecule has 1 atom stereocenters. The summed E-state index contributed by atoms with van der Waals surface area (Å²) < 4.78 is 10.4. The second kappa shape index (κ2) is 14.1. The molecular weight excluding hydrogens is 236 g/mol. The molecule has 1 unspecified atom stereocenters. The molecule has 0 spiro atoms. The minimum atomic E-state index is -1.23. The molecule has 0 aliphatic heterocycles. The summed E-state index contributed by atoms with van der Waals surface area (Å²) in [6.45, 7) is 7.13. The number of hydrogen-bond acceptors (Lipinski definition) is 4. The van der Waals surface area contributed by atoms with Crippen LogP contribution in [0.5, 0.6) is 0 Å². The molecule has 0 rings (SSSR count). The zero-order chi connectivity index (χ0) is 12.1. The minimum absolute atomic E-state index is 0.504. The summed E-state index contributed by atoms with van der Waals surface area (Å²) in [5.74, 6) is -1.19. The van der Waals surface area contributed by atoms with Crippen LogP contribution in [-0.4, -0.2) is 35.5 Å². The van der Waals surface area contributed by atoms with Crippen molar-refractivity contribution in [1.82, 2.24) is 0 Å². The topological polar surface area (TPSA) is 76.0 Å². The van der Waals surface area contributed by atoms with E-state index in [1.807, 2.05) is 0 Å². The van der Waals surface area contributed by atoms with Gasteiger partial charge >= 0.3 is 72.4 Å². The number of aliphatic carboxylic acids is 1. The van der Waals surface area contributed by atoms with Crippen LogP contribution < -0.4 is 0 Å². The summed E-state index contributed by atoms with van der Waals surface area (Å²) >= 11 is -0.504. The maximum absolute atomic E-state index is 9.45. The first-order valence-corrected chi connectivity index (χ1v) is 6.23. The van der Waals surface area contributed by atoms with Crippen LogP contribution in [0, 0.1) is 0 Å². The van der Waals surface area contributed by atoms with Crippen molar-refractivity contribution in [2.75, 3.05) is 13.2 Å². The summed E-state index contributed by atoms with van der Waals surface area (Å²) in [4.78, 5) is 9.45. The van der Waals surface area contributed by atoms with Gasteiger partial charge in [0.05, 0.1) is 0 Å². The Bertz CT molecular complexity index is 134. The molecule has 0 aromatic carbocycles. The van der Waals surface area contributed by atoms with Crippen molar-refractivity contribution in [2.24, 2.45) is 0 Å². The van der Waals surface area contributed by atoms with E-state index >= 15 is 0 Å². The van der Waals surface area contributed by atoms with Gasteiger partial charge in [0, 0.05) is 0 Å². The SMILES string of the molecule is CC(O)C(=O)O.CCC[O][Ti][O]CCC. The van der Waals surface area contributed by atoms with Gasteiger partial charge in [0.2, 0.25) is 0 Å². The second-order valence-corrected chi connectivity index (χ2v) is 3.96. The van der Waals surface area contributed by atoms with Crippen LogP contribution in [-0.2, 0) is 31.4 Å². The fraction of sp³-hybridized carbons (Fsp3) is 0.889. The Morgan fingerprint density at radius 2 is 1.60 bits per heavy atom. The molecule has 0 heterocycles. The number of aliphatic hydroxyl groups excluding tert-OH is 1. The maximum atomic E-state index is 9.45. The molecule has 0 saturated heterocycles. The first-order valence-electron chi connectivity index (χ1n) is 4.95. The van der Waals surface area contributed by atoms with Gasteiger partial charge in [-0.3, -0.25) is 0 Å². The van der Waals surface area contributed by atoms with Crippen molar-refractivity contribution < 1.29 is 41.6 Å². The fourth-order valence-corrected chi connectivity index (χ4v) is 1.36. The molecule has 0 amide bonds. The Kier molecular flexibility index (Phi) is 16.4. The fourth-order valence-electron chi connectivity index (χ4n) is 0.329. The van der Waals surface area contributed by atoms with Gasteiger partial charge in [-0.25, -0.2) is 4.79 Å². The second-order valence-electron chi connectivity index (χ2n) is 2.79. The first kappa shape index (κ1) is 17.5.